The largest absolute Gasteiger partial charge is 0.0654 e. The molecule has 0 heterocycles. The highest BCUT2D eigenvalue weighted by Crippen LogP contribution is 2.39. The minimum Gasteiger partial charge on any atom is -0.0654 e. The van der Waals surface area contributed by atoms with Crippen LogP contribution in [0.3, 0.4) is 0 Å². The molecular weight excluding hydrogens is 324 g/mol. The molecule has 0 saturated heterocycles. The van der Waals surface area contributed by atoms with E-state index in [0.717, 1.165) is 6.42 Å². The lowest BCUT2D eigenvalue weighted by Gasteiger charge is -2.13. The van der Waals surface area contributed by atoms with Gasteiger partial charge in [-0.15, -0.1) is 0 Å². The predicted molar refractivity (Wildman–Crippen MR) is 118 cm³/mol. The maximum atomic E-state index is 2.43. The first-order chi connectivity index (χ1) is 13.3. The fourth-order valence-corrected chi connectivity index (χ4v) is 4.45. The maximum Gasteiger partial charge on any atom is -0.00517 e. The summed E-state index contributed by atoms with van der Waals surface area (Å²) in [5, 5.41) is 5.29. The van der Waals surface area contributed by atoms with E-state index < -0.39 is 0 Å². The third-order valence-electron chi connectivity index (χ3n) is 5.86. The molecule has 0 bridgehead atoms. The first kappa shape index (κ1) is 16.3. The Bertz CT molecular complexity index is 1180. The normalized spacial score (nSPS) is 13.1. The van der Waals surface area contributed by atoms with Gasteiger partial charge in [0, 0.05) is 0 Å². The predicted octanol–water partition coefficient (Wildman–Crippen LogP) is 7.79. The highest BCUT2D eigenvalue weighted by Gasteiger charge is 2.18. The van der Waals surface area contributed by atoms with Gasteiger partial charge in [-0.3, -0.25) is 0 Å². The Morgan fingerprint density at radius 2 is 1.48 bits per heavy atom. The number of allylic oxidation sites excluding steroid dienone is 1. The molecule has 0 aromatic heterocycles. The van der Waals surface area contributed by atoms with Gasteiger partial charge in [0.2, 0.25) is 0 Å². The molecule has 0 nitrogen and oxygen atoms in total. The van der Waals surface area contributed by atoms with Gasteiger partial charge in [0.05, 0.1) is 0 Å². The Labute approximate surface area is 161 Å². The van der Waals surface area contributed by atoms with Crippen LogP contribution in [0.2, 0.25) is 0 Å². The van der Waals surface area contributed by atoms with E-state index in [2.05, 4.69) is 85.8 Å². The molecule has 0 atom stereocenters. The van der Waals surface area contributed by atoms with E-state index in [9.17, 15) is 0 Å². The van der Waals surface area contributed by atoms with Gasteiger partial charge < -0.3 is 0 Å². The minimum absolute atomic E-state index is 1.11. The van der Waals surface area contributed by atoms with Gasteiger partial charge in [-0.1, -0.05) is 85.7 Å². The smallest absolute Gasteiger partial charge is 0.00517 e. The van der Waals surface area contributed by atoms with Crippen molar-refractivity contribution in [2.45, 2.75) is 32.6 Å². The van der Waals surface area contributed by atoms with E-state index >= 15 is 0 Å². The number of benzene rings is 4. The summed E-state index contributed by atoms with van der Waals surface area (Å²) < 4.78 is 0. The molecule has 132 valence electrons. The lowest BCUT2D eigenvalue weighted by molar-refractivity contribution is 0.779. The molecule has 0 N–H and O–H groups in total. The number of unbranched alkanes of at least 4 members (excludes halogenated alkanes) is 1. The molecule has 0 aliphatic heterocycles. The Hall–Kier alpha value is -2.86. The molecule has 0 unspecified atom stereocenters. The maximum absolute atomic E-state index is 2.43. The summed E-state index contributed by atoms with van der Waals surface area (Å²) in [4.78, 5) is 0. The van der Waals surface area contributed by atoms with E-state index in [1.807, 2.05) is 0 Å². The molecule has 0 fully saturated rings. The summed E-state index contributed by atoms with van der Waals surface area (Å²) in [7, 11) is 0. The number of rotatable bonds is 4. The number of hydrogen-bond acceptors (Lipinski definition) is 0. The summed E-state index contributed by atoms with van der Waals surface area (Å²) in [5.41, 5.74) is 7.27. The van der Waals surface area contributed by atoms with Crippen molar-refractivity contribution in [1.29, 1.82) is 0 Å². The molecular formula is C27H24. The van der Waals surface area contributed by atoms with Crippen molar-refractivity contribution in [2.24, 2.45) is 0 Å². The summed E-state index contributed by atoms with van der Waals surface area (Å²) in [6.45, 7) is 2.27. The number of hydrogen-bond donors (Lipinski definition) is 0. The Balaban J connectivity index is 1.66. The molecule has 4 aromatic rings. The van der Waals surface area contributed by atoms with Crippen molar-refractivity contribution in [1.82, 2.24) is 0 Å². The molecule has 0 saturated carbocycles. The highest BCUT2D eigenvalue weighted by atomic mass is 14.2. The zero-order valence-corrected chi connectivity index (χ0v) is 15.8. The average molecular weight is 348 g/mol. The Kier molecular flexibility index (Phi) is 4.05. The third-order valence-corrected chi connectivity index (χ3v) is 5.86. The van der Waals surface area contributed by atoms with Crippen molar-refractivity contribution >= 4 is 27.6 Å². The second-order valence-electron chi connectivity index (χ2n) is 7.68. The Morgan fingerprint density at radius 3 is 2.33 bits per heavy atom. The van der Waals surface area contributed by atoms with E-state index in [4.69, 9.17) is 0 Å². The van der Waals surface area contributed by atoms with Crippen LogP contribution in [0.25, 0.3) is 38.7 Å². The fourth-order valence-electron chi connectivity index (χ4n) is 4.45. The third kappa shape index (κ3) is 2.86. The quantitative estimate of drug-likeness (QED) is 0.330. The van der Waals surface area contributed by atoms with Crippen LogP contribution < -0.4 is 0 Å². The topological polar surface area (TPSA) is 0 Å². The van der Waals surface area contributed by atoms with Crippen LogP contribution in [0.4, 0.5) is 0 Å². The molecule has 0 heteroatoms. The Morgan fingerprint density at radius 1 is 0.741 bits per heavy atom. The minimum atomic E-state index is 1.11. The second-order valence-corrected chi connectivity index (χ2v) is 7.68. The van der Waals surface area contributed by atoms with Crippen LogP contribution in [0.5, 0.6) is 0 Å². The van der Waals surface area contributed by atoms with Gasteiger partial charge in [0.25, 0.3) is 0 Å². The summed E-state index contributed by atoms with van der Waals surface area (Å²) >= 11 is 0. The van der Waals surface area contributed by atoms with Crippen LogP contribution >= 0.6 is 0 Å². The van der Waals surface area contributed by atoms with Gasteiger partial charge in [0.1, 0.15) is 0 Å². The van der Waals surface area contributed by atoms with Crippen LogP contribution in [0.15, 0.2) is 78.4 Å². The first-order valence-electron chi connectivity index (χ1n) is 10.1. The van der Waals surface area contributed by atoms with E-state index in [0.29, 0.717) is 0 Å². The van der Waals surface area contributed by atoms with E-state index in [1.165, 1.54) is 63.1 Å². The van der Waals surface area contributed by atoms with Gasteiger partial charge in [-0.25, -0.2) is 0 Å². The average Bonchev–Trinajstić information content (AvgIpc) is 3.13. The molecule has 1 aliphatic rings. The SMILES string of the molecule is CCCCC1=Cc2cccc(-c3cccc4cc5ccccc5cc34)c2C1. The van der Waals surface area contributed by atoms with Crippen molar-refractivity contribution in [3.8, 4) is 11.1 Å². The molecule has 0 amide bonds. The van der Waals surface area contributed by atoms with Gasteiger partial charge >= 0.3 is 0 Å². The summed E-state index contributed by atoms with van der Waals surface area (Å²) in [5.74, 6) is 0. The van der Waals surface area contributed by atoms with Crippen molar-refractivity contribution < 1.29 is 0 Å². The molecule has 27 heavy (non-hydrogen) atoms. The van der Waals surface area contributed by atoms with Gasteiger partial charge in [-0.05, 0) is 75.2 Å². The lowest BCUT2D eigenvalue weighted by atomic mass is 9.91. The van der Waals surface area contributed by atoms with Gasteiger partial charge in [0.15, 0.2) is 0 Å². The fraction of sp³-hybridized carbons (Fsp3) is 0.185. The van der Waals surface area contributed by atoms with Crippen molar-refractivity contribution in [3.05, 3.63) is 89.5 Å². The molecule has 0 radical (unpaired) electrons. The van der Waals surface area contributed by atoms with Crippen molar-refractivity contribution in [2.75, 3.05) is 0 Å². The number of fused-ring (bicyclic) bond motifs is 3. The molecule has 0 spiro atoms. The van der Waals surface area contributed by atoms with Crippen LogP contribution in [0, 0.1) is 0 Å². The van der Waals surface area contributed by atoms with Crippen LogP contribution in [-0.2, 0) is 6.42 Å². The standard InChI is InChI=1S/C27H24/c1-2-3-8-19-15-22-11-6-13-24(26(22)16-19)25-14-7-12-23-17-20-9-4-5-10-21(20)18-27(23)25/h4-7,9-15,17-18H,2-3,8,16H2,1H3. The second kappa shape index (κ2) is 6.70. The summed E-state index contributed by atoms with van der Waals surface area (Å²) in [6, 6.07) is 26.9. The van der Waals surface area contributed by atoms with Crippen LogP contribution in [-0.4, -0.2) is 0 Å². The zero-order valence-electron chi connectivity index (χ0n) is 15.8. The summed E-state index contributed by atoms with van der Waals surface area (Å²) in [6.07, 6.45) is 7.31. The molecule has 4 aromatic carbocycles. The first-order valence-corrected chi connectivity index (χ1v) is 10.1. The van der Waals surface area contributed by atoms with Crippen molar-refractivity contribution in [3.63, 3.8) is 0 Å². The zero-order chi connectivity index (χ0) is 18.2. The molecule has 5 rings (SSSR count). The highest BCUT2D eigenvalue weighted by molar-refractivity contribution is 6.05. The van der Waals surface area contributed by atoms with Gasteiger partial charge in [-0.2, -0.15) is 0 Å². The monoisotopic (exact) mass is 348 g/mol. The van der Waals surface area contributed by atoms with E-state index in [-0.39, 0.29) is 0 Å². The lowest BCUT2D eigenvalue weighted by Crippen LogP contribution is -1.92. The van der Waals surface area contributed by atoms with E-state index in [1.54, 1.807) is 5.57 Å². The molecule has 1 aliphatic carbocycles. The van der Waals surface area contributed by atoms with Crippen LogP contribution in [0.1, 0.15) is 37.3 Å².